The highest BCUT2D eigenvalue weighted by Gasteiger charge is 2.12. The van der Waals surface area contributed by atoms with E-state index in [0.29, 0.717) is 21.6 Å². The molecule has 28 heavy (non-hydrogen) atoms. The number of nitrogens with zero attached hydrogens (tertiary/aromatic N) is 2. The molecule has 3 aromatic carbocycles. The van der Waals surface area contributed by atoms with E-state index in [2.05, 4.69) is 27.4 Å². The fourth-order valence-corrected chi connectivity index (χ4v) is 4.30. The van der Waals surface area contributed by atoms with E-state index < -0.39 is 0 Å². The number of nitrogens with one attached hydrogen (secondary N) is 1. The Hall–Kier alpha value is -3.29. The molecule has 2 aromatic heterocycles. The van der Waals surface area contributed by atoms with Crippen LogP contribution in [0.3, 0.4) is 0 Å². The molecule has 7 heteroatoms. The number of fused-ring (bicyclic) bond motifs is 3. The Morgan fingerprint density at radius 3 is 2.68 bits per heavy atom. The summed E-state index contributed by atoms with van der Waals surface area (Å²) in [6.45, 7) is 0. The predicted molar refractivity (Wildman–Crippen MR) is 114 cm³/mol. The Morgan fingerprint density at radius 1 is 1.00 bits per heavy atom. The molecular weight excluding hydrogens is 390 g/mol. The Balaban J connectivity index is 1.37. The Labute approximate surface area is 168 Å². The van der Waals surface area contributed by atoms with Gasteiger partial charge in [0.2, 0.25) is 0 Å². The zero-order valence-corrected chi connectivity index (χ0v) is 16.1. The monoisotopic (exact) mass is 403 g/mol. The highest BCUT2D eigenvalue weighted by molar-refractivity contribution is 7.22. The number of amides is 1. The average Bonchev–Trinajstić information content (AvgIpc) is 3.38. The zero-order valence-electron chi connectivity index (χ0n) is 14.5. The SMILES string of the molecule is O=C(Nc1nc2c(ccc3ccccc32)s1)c1ccc(Oc2nccs2)cc1. The Kier molecular flexibility index (Phi) is 4.23. The lowest BCUT2D eigenvalue weighted by atomic mass is 10.1. The Bertz CT molecular complexity index is 1280. The molecule has 0 aliphatic rings. The maximum Gasteiger partial charge on any atom is 0.278 e. The molecule has 136 valence electrons. The summed E-state index contributed by atoms with van der Waals surface area (Å²) in [6, 6.07) is 19.2. The molecule has 5 rings (SSSR count). The van der Waals surface area contributed by atoms with Crippen LogP contribution in [0.5, 0.6) is 10.9 Å². The summed E-state index contributed by atoms with van der Waals surface area (Å²) < 4.78 is 6.66. The van der Waals surface area contributed by atoms with Crippen LogP contribution in [0.15, 0.2) is 72.2 Å². The van der Waals surface area contributed by atoms with Gasteiger partial charge in [-0.1, -0.05) is 53.0 Å². The van der Waals surface area contributed by atoms with Gasteiger partial charge < -0.3 is 4.74 Å². The number of thiazole rings is 2. The van der Waals surface area contributed by atoms with Gasteiger partial charge in [-0.15, -0.1) is 0 Å². The van der Waals surface area contributed by atoms with Crippen LogP contribution in [0.2, 0.25) is 0 Å². The van der Waals surface area contributed by atoms with Crippen LogP contribution in [0, 0.1) is 0 Å². The van der Waals surface area contributed by atoms with Gasteiger partial charge in [0.15, 0.2) is 5.13 Å². The van der Waals surface area contributed by atoms with Crippen LogP contribution in [-0.2, 0) is 0 Å². The summed E-state index contributed by atoms with van der Waals surface area (Å²) in [5.41, 5.74) is 1.45. The molecule has 0 saturated heterocycles. The van der Waals surface area contributed by atoms with Gasteiger partial charge in [0, 0.05) is 22.5 Å². The summed E-state index contributed by atoms with van der Waals surface area (Å²) in [7, 11) is 0. The van der Waals surface area contributed by atoms with Gasteiger partial charge in [-0.05, 0) is 35.7 Å². The van der Waals surface area contributed by atoms with Crippen molar-refractivity contribution in [3.63, 3.8) is 0 Å². The molecule has 0 unspecified atom stereocenters. The summed E-state index contributed by atoms with van der Waals surface area (Å²) in [4.78, 5) is 21.3. The highest BCUT2D eigenvalue weighted by atomic mass is 32.1. The molecule has 1 amide bonds. The molecule has 0 spiro atoms. The topological polar surface area (TPSA) is 64.1 Å². The van der Waals surface area contributed by atoms with Gasteiger partial charge in [0.05, 0.1) is 10.2 Å². The third kappa shape index (κ3) is 3.21. The van der Waals surface area contributed by atoms with E-state index >= 15 is 0 Å². The number of anilines is 1. The smallest absolute Gasteiger partial charge is 0.278 e. The third-order valence-corrected chi connectivity index (χ3v) is 5.82. The minimum Gasteiger partial charge on any atom is -0.431 e. The molecule has 2 heterocycles. The van der Waals surface area contributed by atoms with Gasteiger partial charge >= 0.3 is 0 Å². The van der Waals surface area contributed by atoms with Crippen molar-refractivity contribution in [1.82, 2.24) is 9.97 Å². The third-order valence-electron chi connectivity index (χ3n) is 4.24. The predicted octanol–water partition coefficient (Wildman–Crippen LogP) is 5.95. The molecule has 5 aromatic rings. The molecule has 0 aliphatic heterocycles. The normalized spacial score (nSPS) is 11.0. The summed E-state index contributed by atoms with van der Waals surface area (Å²) in [5, 5.41) is 8.11. The quantitative estimate of drug-likeness (QED) is 0.403. The molecular formula is C21H13N3O2S2. The number of carbonyl (C=O) groups is 1. The largest absolute Gasteiger partial charge is 0.431 e. The number of ether oxygens (including phenoxy) is 1. The van der Waals surface area contributed by atoms with E-state index in [1.807, 2.05) is 29.6 Å². The molecule has 0 fully saturated rings. The first-order valence-corrected chi connectivity index (χ1v) is 10.2. The molecule has 0 radical (unpaired) electrons. The average molecular weight is 403 g/mol. The number of carbonyl (C=O) groups excluding carboxylic acids is 1. The number of aromatic nitrogens is 2. The minimum absolute atomic E-state index is 0.204. The lowest BCUT2D eigenvalue weighted by Crippen LogP contribution is -2.11. The molecule has 1 N–H and O–H groups in total. The van der Waals surface area contributed by atoms with Crippen LogP contribution in [0.4, 0.5) is 5.13 Å². The minimum atomic E-state index is -0.204. The number of hydrogen-bond acceptors (Lipinski definition) is 6. The van der Waals surface area contributed by atoms with Crippen molar-refractivity contribution in [2.24, 2.45) is 0 Å². The van der Waals surface area contributed by atoms with Crippen LogP contribution in [0.1, 0.15) is 10.4 Å². The zero-order chi connectivity index (χ0) is 18.9. The van der Waals surface area contributed by atoms with Crippen molar-refractivity contribution in [3.05, 3.63) is 77.8 Å². The summed E-state index contributed by atoms with van der Waals surface area (Å²) in [5.74, 6) is 0.433. The number of hydrogen-bond donors (Lipinski definition) is 1. The first kappa shape index (κ1) is 16.9. The van der Waals surface area contributed by atoms with E-state index in [0.717, 1.165) is 21.0 Å². The highest BCUT2D eigenvalue weighted by Crippen LogP contribution is 2.32. The fourth-order valence-electron chi connectivity index (χ4n) is 2.92. The maximum absolute atomic E-state index is 12.6. The first-order chi connectivity index (χ1) is 13.8. The first-order valence-electron chi connectivity index (χ1n) is 8.53. The molecule has 0 atom stereocenters. The van der Waals surface area contributed by atoms with Crippen LogP contribution >= 0.6 is 22.7 Å². The standard InChI is InChI=1S/C21H13N3O2S2/c25-19(14-5-8-15(9-6-14)26-21-22-11-12-27-21)24-20-23-18-16-4-2-1-3-13(16)7-10-17(18)28-20/h1-12H,(H,23,24,25). The van der Waals surface area contributed by atoms with E-state index in [1.165, 1.54) is 22.7 Å². The molecule has 5 nitrogen and oxygen atoms in total. The Morgan fingerprint density at radius 2 is 1.86 bits per heavy atom. The number of rotatable bonds is 4. The lowest BCUT2D eigenvalue weighted by Gasteiger charge is -2.04. The number of benzene rings is 3. The van der Waals surface area contributed by atoms with Gasteiger partial charge in [-0.2, -0.15) is 0 Å². The van der Waals surface area contributed by atoms with Crippen LogP contribution in [0.25, 0.3) is 21.0 Å². The summed E-state index contributed by atoms with van der Waals surface area (Å²) in [6.07, 6.45) is 1.68. The van der Waals surface area contributed by atoms with Crippen molar-refractivity contribution in [3.8, 4) is 10.9 Å². The van der Waals surface area contributed by atoms with Crippen LogP contribution < -0.4 is 10.1 Å². The maximum atomic E-state index is 12.6. The van der Waals surface area contributed by atoms with E-state index in [1.54, 1.807) is 30.5 Å². The molecule has 0 bridgehead atoms. The second kappa shape index (κ2) is 7.03. The van der Waals surface area contributed by atoms with Crippen molar-refractivity contribution < 1.29 is 9.53 Å². The fraction of sp³-hybridized carbons (Fsp3) is 0. The van der Waals surface area contributed by atoms with E-state index in [-0.39, 0.29) is 5.91 Å². The van der Waals surface area contributed by atoms with E-state index in [9.17, 15) is 4.79 Å². The second-order valence-electron chi connectivity index (χ2n) is 6.03. The van der Waals surface area contributed by atoms with Crippen molar-refractivity contribution in [1.29, 1.82) is 0 Å². The lowest BCUT2D eigenvalue weighted by molar-refractivity contribution is 0.102. The van der Waals surface area contributed by atoms with Crippen molar-refractivity contribution in [2.45, 2.75) is 0 Å². The van der Waals surface area contributed by atoms with Crippen LogP contribution in [-0.4, -0.2) is 15.9 Å². The molecule has 0 aliphatic carbocycles. The second-order valence-corrected chi connectivity index (χ2v) is 7.92. The van der Waals surface area contributed by atoms with Gasteiger partial charge in [-0.25, -0.2) is 9.97 Å². The van der Waals surface area contributed by atoms with Gasteiger partial charge in [0.25, 0.3) is 11.1 Å². The molecule has 0 saturated carbocycles. The summed E-state index contributed by atoms with van der Waals surface area (Å²) >= 11 is 2.88. The van der Waals surface area contributed by atoms with Gasteiger partial charge in [-0.3, -0.25) is 10.1 Å². The van der Waals surface area contributed by atoms with Crippen molar-refractivity contribution in [2.75, 3.05) is 5.32 Å². The van der Waals surface area contributed by atoms with Gasteiger partial charge in [0.1, 0.15) is 5.75 Å². The van der Waals surface area contributed by atoms with Crippen molar-refractivity contribution >= 4 is 54.7 Å². The van der Waals surface area contributed by atoms with E-state index in [4.69, 9.17) is 4.74 Å².